The third kappa shape index (κ3) is 4.83. The van der Waals surface area contributed by atoms with Crippen LogP contribution in [0, 0.1) is 5.92 Å². The summed E-state index contributed by atoms with van der Waals surface area (Å²) in [5.74, 6) is 1.23. The van der Waals surface area contributed by atoms with Gasteiger partial charge in [0.1, 0.15) is 18.5 Å². The molecule has 0 spiro atoms. The molecule has 0 aromatic heterocycles. The molecule has 0 bridgehead atoms. The standard InChI is InChI=1S/C17H25NO3/c1-13-6-5-9-18(10-13)11-15(20)12-21-17-8-4-3-7-16(17)14(2)19/h3-4,7-8,13,15,20H,5-6,9-12H2,1-2H3. The summed E-state index contributed by atoms with van der Waals surface area (Å²) in [7, 11) is 0. The van der Waals surface area contributed by atoms with E-state index in [1.165, 1.54) is 19.8 Å². The average molecular weight is 291 g/mol. The molecule has 1 N–H and O–H groups in total. The Balaban J connectivity index is 1.84. The van der Waals surface area contributed by atoms with Crippen LogP contribution in [0.2, 0.25) is 0 Å². The van der Waals surface area contributed by atoms with Crippen LogP contribution in [-0.2, 0) is 0 Å². The van der Waals surface area contributed by atoms with Gasteiger partial charge >= 0.3 is 0 Å². The molecule has 1 aromatic rings. The van der Waals surface area contributed by atoms with Crippen molar-refractivity contribution in [2.75, 3.05) is 26.2 Å². The number of rotatable bonds is 6. The van der Waals surface area contributed by atoms with Crippen molar-refractivity contribution in [1.82, 2.24) is 4.90 Å². The van der Waals surface area contributed by atoms with Crippen LogP contribution in [0.5, 0.6) is 5.75 Å². The Labute approximate surface area is 126 Å². The van der Waals surface area contributed by atoms with Crippen molar-refractivity contribution in [2.24, 2.45) is 5.92 Å². The molecule has 0 aliphatic carbocycles. The number of carbonyl (C=O) groups excluding carboxylic acids is 1. The van der Waals surface area contributed by atoms with Gasteiger partial charge in [0.2, 0.25) is 0 Å². The normalized spacial score (nSPS) is 21.0. The molecule has 1 aromatic carbocycles. The minimum Gasteiger partial charge on any atom is -0.490 e. The maximum atomic E-state index is 11.5. The molecule has 1 heterocycles. The topological polar surface area (TPSA) is 49.8 Å². The van der Waals surface area contributed by atoms with Gasteiger partial charge in [-0.1, -0.05) is 19.1 Å². The molecule has 1 fully saturated rings. The van der Waals surface area contributed by atoms with Crippen molar-refractivity contribution in [3.63, 3.8) is 0 Å². The second-order valence-corrected chi connectivity index (χ2v) is 6.02. The van der Waals surface area contributed by atoms with Gasteiger partial charge in [-0.25, -0.2) is 0 Å². The molecule has 2 rings (SSSR count). The zero-order valence-corrected chi connectivity index (χ0v) is 12.9. The molecule has 4 heteroatoms. The number of β-amino-alcohol motifs (C(OH)–C–C–N with tert-alkyl or cyclic N) is 1. The Bertz CT molecular complexity index is 475. The molecule has 1 saturated heterocycles. The quantitative estimate of drug-likeness (QED) is 0.818. The number of aliphatic hydroxyl groups is 1. The summed E-state index contributed by atoms with van der Waals surface area (Å²) in [5.41, 5.74) is 0.566. The number of nitrogens with zero attached hydrogens (tertiary/aromatic N) is 1. The molecule has 0 amide bonds. The van der Waals surface area contributed by atoms with Gasteiger partial charge in [0.05, 0.1) is 5.56 Å². The Hall–Kier alpha value is -1.39. The highest BCUT2D eigenvalue weighted by Gasteiger charge is 2.19. The zero-order valence-electron chi connectivity index (χ0n) is 12.9. The fourth-order valence-electron chi connectivity index (χ4n) is 2.87. The van der Waals surface area contributed by atoms with Gasteiger partial charge in [0, 0.05) is 13.1 Å². The van der Waals surface area contributed by atoms with Crippen molar-refractivity contribution < 1.29 is 14.6 Å². The Morgan fingerprint density at radius 3 is 2.95 bits per heavy atom. The maximum absolute atomic E-state index is 11.5. The number of carbonyl (C=O) groups is 1. The molecular weight excluding hydrogens is 266 g/mol. The van der Waals surface area contributed by atoms with Gasteiger partial charge in [0.25, 0.3) is 0 Å². The Morgan fingerprint density at radius 1 is 1.48 bits per heavy atom. The number of ketones is 1. The number of likely N-dealkylation sites (tertiary alicyclic amines) is 1. The third-order valence-electron chi connectivity index (χ3n) is 3.91. The van der Waals surface area contributed by atoms with Crippen LogP contribution in [0.3, 0.4) is 0 Å². The lowest BCUT2D eigenvalue weighted by molar-refractivity contribution is 0.0533. The maximum Gasteiger partial charge on any atom is 0.163 e. The number of hydrogen-bond donors (Lipinski definition) is 1. The SMILES string of the molecule is CC(=O)c1ccccc1OCC(O)CN1CCCC(C)C1. The van der Waals surface area contributed by atoms with E-state index in [-0.39, 0.29) is 12.4 Å². The summed E-state index contributed by atoms with van der Waals surface area (Å²) in [6, 6.07) is 7.17. The second-order valence-electron chi connectivity index (χ2n) is 6.02. The first kappa shape index (κ1) is 16.0. The highest BCUT2D eigenvalue weighted by Crippen LogP contribution is 2.19. The molecule has 2 atom stereocenters. The summed E-state index contributed by atoms with van der Waals surface area (Å²) >= 11 is 0. The smallest absolute Gasteiger partial charge is 0.163 e. The Kier molecular flexibility index (Phi) is 5.76. The van der Waals surface area contributed by atoms with Crippen LogP contribution < -0.4 is 4.74 Å². The minimum atomic E-state index is -0.532. The molecule has 21 heavy (non-hydrogen) atoms. The van der Waals surface area contributed by atoms with E-state index >= 15 is 0 Å². The lowest BCUT2D eigenvalue weighted by Gasteiger charge is -2.32. The van der Waals surface area contributed by atoms with Crippen LogP contribution in [0.4, 0.5) is 0 Å². The molecular formula is C17H25NO3. The van der Waals surface area contributed by atoms with Crippen molar-refractivity contribution in [1.29, 1.82) is 0 Å². The fourth-order valence-corrected chi connectivity index (χ4v) is 2.87. The number of Topliss-reactive ketones (excluding diaryl/α,β-unsaturated/α-hetero) is 1. The van der Waals surface area contributed by atoms with E-state index in [0.717, 1.165) is 13.1 Å². The van der Waals surface area contributed by atoms with Crippen molar-refractivity contribution in [3.8, 4) is 5.75 Å². The highest BCUT2D eigenvalue weighted by molar-refractivity contribution is 5.96. The Morgan fingerprint density at radius 2 is 2.24 bits per heavy atom. The molecule has 0 saturated carbocycles. The van der Waals surface area contributed by atoms with Crippen LogP contribution in [0.25, 0.3) is 0 Å². The summed E-state index contributed by atoms with van der Waals surface area (Å²) < 4.78 is 5.63. The van der Waals surface area contributed by atoms with E-state index in [0.29, 0.717) is 23.8 Å². The summed E-state index contributed by atoms with van der Waals surface area (Å²) in [4.78, 5) is 13.8. The van der Waals surface area contributed by atoms with Crippen molar-refractivity contribution in [3.05, 3.63) is 29.8 Å². The lowest BCUT2D eigenvalue weighted by atomic mass is 10.0. The minimum absolute atomic E-state index is 0.0232. The first-order valence-corrected chi connectivity index (χ1v) is 7.69. The first-order chi connectivity index (χ1) is 10.1. The molecule has 4 nitrogen and oxygen atoms in total. The van der Waals surface area contributed by atoms with Gasteiger partial charge in [-0.15, -0.1) is 0 Å². The van der Waals surface area contributed by atoms with Crippen LogP contribution in [-0.4, -0.2) is 48.1 Å². The van der Waals surface area contributed by atoms with Gasteiger partial charge in [-0.05, 0) is 44.4 Å². The number of hydrogen-bond acceptors (Lipinski definition) is 4. The highest BCUT2D eigenvalue weighted by atomic mass is 16.5. The van der Waals surface area contributed by atoms with Gasteiger partial charge in [0.15, 0.2) is 5.78 Å². The fraction of sp³-hybridized carbons (Fsp3) is 0.588. The van der Waals surface area contributed by atoms with Gasteiger partial charge < -0.3 is 14.7 Å². The van der Waals surface area contributed by atoms with E-state index in [1.54, 1.807) is 12.1 Å². The molecule has 1 aliphatic heterocycles. The van der Waals surface area contributed by atoms with Crippen molar-refractivity contribution >= 4 is 5.78 Å². The number of piperidine rings is 1. The number of aliphatic hydroxyl groups excluding tert-OH is 1. The second kappa shape index (κ2) is 7.57. The summed E-state index contributed by atoms with van der Waals surface area (Å²) in [6.45, 7) is 6.71. The largest absolute Gasteiger partial charge is 0.490 e. The summed E-state index contributed by atoms with van der Waals surface area (Å²) in [6.07, 6.45) is 1.94. The van der Waals surface area contributed by atoms with E-state index < -0.39 is 6.10 Å². The molecule has 116 valence electrons. The van der Waals surface area contributed by atoms with E-state index in [9.17, 15) is 9.90 Å². The average Bonchev–Trinajstić information content (AvgIpc) is 2.45. The third-order valence-corrected chi connectivity index (χ3v) is 3.91. The zero-order chi connectivity index (χ0) is 15.2. The predicted molar refractivity (Wildman–Crippen MR) is 82.8 cm³/mol. The van der Waals surface area contributed by atoms with Crippen LogP contribution in [0.15, 0.2) is 24.3 Å². The molecule has 1 aliphatic rings. The number of benzene rings is 1. The monoisotopic (exact) mass is 291 g/mol. The van der Waals surface area contributed by atoms with Gasteiger partial charge in [-0.3, -0.25) is 4.79 Å². The number of ether oxygens (including phenoxy) is 1. The lowest BCUT2D eigenvalue weighted by Crippen LogP contribution is -2.41. The van der Waals surface area contributed by atoms with E-state index in [4.69, 9.17) is 4.74 Å². The van der Waals surface area contributed by atoms with Crippen LogP contribution >= 0.6 is 0 Å². The first-order valence-electron chi connectivity index (χ1n) is 7.69. The molecule has 2 unspecified atom stereocenters. The van der Waals surface area contributed by atoms with Crippen LogP contribution in [0.1, 0.15) is 37.0 Å². The van der Waals surface area contributed by atoms with E-state index in [1.807, 2.05) is 12.1 Å². The van der Waals surface area contributed by atoms with Gasteiger partial charge in [-0.2, -0.15) is 0 Å². The molecule has 0 radical (unpaired) electrons. The predicted octanol–water partition coefficient (Wildman–Crippen LogP) is 2.36. The number of para-hydroxylation sites is 1. The van der Waals surface area contributed by atoms with E-state index in [2.05, 4.69) is 11.8 Å². The summed E-state index contributed by atoms with van der Waals surface area (Å²) in [5, 5.41) is 10.1. The van der Waals surface area contributed by atoms with Crippen molar-refractivity contribution in [2.45, 2.75) is 32.8 Å².